The number of fused-ring (bicyclic) bond motifs is 1. The number of aliphatic imine (C=N–C) groups is 1. The molecule has 1 aliphatic heterocycles. The van der Waals surface area contributed by atoms with Gasteiger partial charge in [-0.15, -0.1) is 0 Å². The van der Waals surface area contributed by atoms with Crippen molar-refractivity contribution >= 4 is 11.5 Å². The van der Waals surface area contributed by atoms with Crippen LogP contribution in [0.15, 0.2) is 83.9 Å². The predicted octanol–water partition coefficient (Wildman–Crippen LogP) is 5.13. The van der Waals surface area contributed by atoms with Crippen molar-refractivity contribution in [2.75, 3.05) is 6.54 Å². The molecule has 0 spiro atoms. The summed E-state index contributed by atoms with van der Waals surface area (Å²) < 4.78 is 0. The minimum atomic E-state index is 0.912. The van der Waals surface area contributed by atoms with Crippen LogP contribution in [0.2, 0.25) is 0 Å². The summed E-state index contributed by atoms with van der Waals surface area (Å²) in [6.45, 7) is 4.00. The molecule has 0 fully saturated rings. The van der Waals surface area contributed by atoms with Gasteiger partial charge in [0, 0.05) is 18.7 Å². The molecule has 0 amide bonds. The zero-order chi connectivity index (χ0) is 17.1. The molecule has 2 nitrogen and oxygen atoms in total. The SMILES string of the molecule is Cc1ccc(C2=Nc3ccccc3CN2CCc2ccccc2)cc1. The van der Waals surface area contributed by atoms with Crippen molar-refractivity contribution in [1.82, 2.24) is 4.90 Å². The highest BCUT2D eigenvalue weighted by Gasteiger charge is 2.20. The molecular weight excluding hydrogens is 304 g/mol. The molecule has 2 heteroatoms. The van der Waals surface area contributed by atoms with Gasteiger partial charge >= 0.3 is 0 Å². The number of aryl methyl sites for hydroxylation is 1. The number of nitrogens with zero attached hydrogens (tertiary/aromatic N) is 2. The lowest BCUT2D eigenvalue weighted by molar-refractivity contribution is 0.412. The molecule has 0 radical (unpaired) electrons. The van der Waals surface area contributed by atoms with Crippen LogP contribution in [0.1, 0.15) is 22.3 Å². The number of hydrogen-bond acceptors (Lipinski definition) is 2. The molecule has 1 aliphatic rings. The number of para-hydroxylation sites is 1. The summed E-state index contributed by atoms with van der Waals surface area (Å²) in [5.41, 5.74) is 6.22. The monoisotopic (exact) mass is 326 g/mol. The molecule has 25 heavy (non-hydrogen) atoms. The summed E-state index contributed by atoms with van der Waals surface area (Å²) in [6.07, 6.45) is 1.02. The fourth-order valence-electron chi connectivity index (χ4n) is 3.26. The molecule has 0 atom stereocenters. The highest BCUT2D eigenvalue weighted by atomic mass is 15.2. The van der Waals surface area contributed by atoms with E-state index in [1.165, 1.54) is 22.3 Å². The average Bonchev–Trinajstić information content (AvgIpc) is 2.67. The van der Waals surface area contributed by atoms with E-state index in [1.54, 1.807) is 0 Å². The zero-order valence-corrected chi connectivity index (χ0v) is 14.5. The van der Waals surface area contributed by atoms with Gasteiger partial charge in [-0.1, -0.05) is 78.4 Å². The van der Waals surface area contributed by atoms with Gasteiger partial charge in [-0.2, -0.15) is 0 Å². The minimum Gasteiger partial charge on any atom is -0.351 e. The first-order chi connectivity index (χ1) is 12.3. The van der Waals surface area contributed by atoms with E-state index in [4.69, 9.17) is 4.99 Å². The molecule has 0 bridgehead atoms. The maximum atomic E-state index is 4.98. The second-order valence-electron chi connectivity index (χ2n) is 6.59. The smallest absolute Gasteiger partial charge is 0.136 e. The minimum absolute atomic E-state index is 0.912. The average molecular weight is 326 g/mol. The molecule has 1 heterocycles. The summed E-state index contributed by atoms with van der Waals surface area (Å²) in [4.78, 5) is 7.38. The van der Waals surface area contributed by atoms with Crippen molar-refractivity contribution < 1.29 is 0 Å². The first-order valence-electron chi connectivity index (χ1n) is 8.82. The molecule has 124 valence electrons. The first-order valence-corrected chi connectivity index (χ1v) is 8.82. The van der Waals surface area contributed by atoms with E-state index < -0.39 is 0 Å². The molecule has 0 saturated heterocycles. The van der Waals surface area contributed by atoms with Crippen LogP contribution in [0.3, 0.4) is 0 Å². The van der Waals surface area contributed by atoms with Crippen LogP contribution in [0.4, 0.5) is 5.69 Å². The fourth-order valence-corrected chi connectivity index (χ4v) is 3.26. The summed E-state index contributed by atoms with van der Waals surface area (Å²) in [5, 5.41) is 0. The quantitative estimate of drug-likeness (QED) is 0.649. The van der Waals surface area contributed by atoms with E-state index in [9.17, 15) is 0 Å². The molecule has 0 aliphatic carbocycles. The lowest BCUT2D eigenvalue weighted by atomic mass is 10.1. The van der Waals surface area contributed by atoms with Crippen molar-refractivity contribution in [3.63, 3.8) is 0 Å². The number of hydrogen-bond donors (Lipinski definition) is 0. The Hall–Kier alpha value is -2.87. The molecule has 0 saturated carbocycles. The summed E-state index contributed by atoms with van der Waals surface area (Å²) >= 11 is 0. The molecule has 3 aromatic carbocycles. The van der Waals surface area contributed by atoms with Crippen LogP contribution in [0.25, 0.3) is 0 Å². The lowest BCUT2D eigenvalue weighted by Crippen LogP contribution is -2.35. The normalized spacial score (nSPS) is 13.3. The number of amidine groups is 1. The van der Waals surface area contributed by atoms with Crippen molar-refractivity contribution in [3.05, 3.63) is 101 Å². The van der Waals surface area contributed by atoms with Crippen LogP contribution in [0.5, 0.6) is 0 Å². The second kappa shape index (κ2) is 6.94. The largest absolute Gasteiger partial charge is 0.351 e. The van der Waals surface area contributed by atoms with Crippen molar-refractivity contribution in [1.29, 1.82) is 0 Å². The highest BCUT2D eigenvalue weighted by molar-refractivity contribution is 6.01. The fraction of sp³-hybridized carbons (Fsp3) is 0.174. The van der Waals surface area contributed by atoms with E-state index in [-0.39, 0.29) is 0 Å². The summed E-state index contributed by atoms with van der Waals surface area (Å²) in [6, 6.07) is 27.8. The molecular formula is C23H22N2. The third-order valence-electron chi connectivity index (χ3n) is 4.70. The Morgan fingerprint density at radius 3 is 2.36 bits per heavy atom. The number of benzene rings is 3. The van der Waals surface area contributed by atoms with Gasteiger partial charge in [0.2, 0.25) is 0 Å². The van der Waals surface area contributed by atoms with Crippen molar-refractivity contribution in [3.8, 4) is 0 Å². The molecule has 0 aromatic heterocycles. The van der Waals surface area contributed by atoms with Crippen LogP contribution >= 0.6 is 0 Å². The van der Waals surface area contributed by atoms with Crippen LogP contribution in [-0.4, -0.2) is 17.3 Å². The van der Waals surface area contributed by atoms with Gasteiger partial charge in [0.25, 0.3) is 0 Å². The molecule has 0 unspecified atom stereocenters. The maximum Gasteiger partial charge on any atom is 0.136 e. The molecule has 0 N–H and O–H groups in total. The van der Waals surface area contributed by atoms with Gasteiger partial charge < -0.3 is 4.90 Å². The van der Waals surface area contributed by atoms with E-state index in [1.807, 2.05) is 0 Å². The Labute approximate surface area is 149 Å². The highest BCUT2D eigenvalue weighted by Crippen LogP contribution is 2.28. The topological polar surface area (TPSA) is 15.6 Å². The number of rotatable bonds is 4. The van der Waals surface area contributed by atoms with Crippen LogP contribution in [-0.2, 0) is 13.0 Å². The third kappa shape index (κ3) is 3.48. The maximum absolute atomic E-state index is 4.98. The molecule has 3 aromatic rings. The van der Waals surface area contributed by atoms with Crippen molar-refractivity contribution in [2.45, 2.75) is 19.9 Å². The predicted molar refractivity (Wildman–Crippen MR) is 104 cm³/mol. The molecule has 4 rings (SSSR count). The van der Waals surface area contributed by atoms with Gasteiger partial charge in [-0.3, -0.25) is 0 Å². The standard InChI is InChI=1S/C23H22N2/c1-18-11-13-20(14-12-18)23-24-22-10-6-5-9-21(22)17-25(23)16-15-19-7-3-2-4-8-19/h2-14H,15-17H2,1H3. The Morgan fingerprint density at radius 1 is 0.840 bits per heavy atom. The summed E-state index contributed by atoms with van der Waals surface area (Å²) in [7, 11) is 0. The Balaban J connectivity index is 1.65. The Bertz CT molecular complexity index is 879. The van der Waals surface area contributed by atoms with Gasteiger partial charge in [-0.25, -0.2) is 4.99 Å². The van der Waals surface area contributed by atoms with E-state index in [0.717, 1.165) is 31.0 Å². The Morgan fingerprint density at radius 2 is 1.56 bits per heavy atom. The van der Waals surface area contributed by atoms with Crippen LogP contribution < -0.4 is 0 Å². The second-order valence-corrected chi connectivity index (χ2v) is 6.59. The van der Waals surface area contributed by atoms with Crippen LogP contribution in [0, 0.1) is 6.92 Å². The lowest BCUT2D eigenvalue weighted by Gasteiger charge is -2.31. The van der Waals surface area contributed by atoms with Gasteiger partial charge in [-0.05, 0) is 30.5 Å². The van der Waals surface area contributed by atoms with E-state index >= 15 is 0 Å². The first kappa shape index (κ1) is 15.6. The third-order valence-corrected chi connectivity index (χ3v) is 4.70. The Kier molecular flexibility index (Phi) is 4.34. The van der Waals surface area contributed by atoms with E-state index in [0.29, 0.717) is 0 Å². The van der Waals surface area contributed by atoms with Gasteiger partial charge in [0.05, 0.1) is 5.69 Å². The summed E-state index contributed by atoms with van der Waals surface area (Å²) in [5.74, 6) is 1.08. The van der Waals surface area contributed by atoms with Crippen molar-refractivity contribution in [2.24, 2.45) is 4.99 Å². The van der Waals surface area contributed by atoms with Gasteiger partial charge in [0.1, 0.15) is 5.84 Å². The van der Waals surface area contributed by atoms with Gasteiger partial charge in [0.15, 0.2) is 0 Å². The van der Waals surface area contributed by atoms with E-state index in [2.05, 4.69) is 90.7 Å². The zero-order valence-electron chi connectivity index (χ0n) is 14.5.